The predicted octanol–water partition coefficient (Wildman–Crippen LogP) is 4.74. The molecule has 3 aromatic heterocycles. The number of rotatable bonds is 6. The molecule has 0 aliphatic heterocycles. The second-order valence-corrected chi connectivity index (χ2v) is 7.17. The first-order chi connectivity index (χ1) is 13.7. The van der Waals surface area contributed by atoms with Crippen LogP contribution in [0.2, 0.25) is 0 Å². The lowest BCUT2D eigenvalue weighted by atomic mass is 10.1. The number of aromatic nitrogens is 3. The molecule has 0 saturated heterocycles. The SMILES string of the molecule is Cc1ccc(-c2cnc(CCC(=O)Nc3nc(-c4cccnc4)cs3)o2)cc1. The molecule has 1 N–H and O–H groups in total. The van der Waals surface area contributed by atoms with E-state index in [0.717, 1.165) is 16.8 Å². The highest BCUT2D eigenvalue weighted by Crippen LogP contribution is 2.24. The van der Waals surface area contributed by atoms with E-state index in [1.165, 1.54) is 16.9 Å². The first kappa shape index (κ1) is 18.1. The average molecular weight is 390 g/mol. The number of amides is 1. The number of aryl methyl sites for hydroxylation is 2. The molecule has 0 radical (unpaired) electrons. The molecule has 6 nitrogen and oxygen atoms in total. The molecule has 4 rings (SSSR count). The quantitative estimate of drug-likeness (QED) is 0.514. The van der Waals surface area contributed by atoms with Gasteiger partial charge in [-0.3, -0.25) is 9.78 Å². The zero-order valence-corrected chi connectivity index (χ0v) is 16.1. The first-order valence-corrected chi connectivity index (χ1v) is 9.73. The Kier molecular flexibility index (Phi) is 5.25. The fourth-order valence-corrected chi connectivity index (χ4v) is 3.39. The van der Waals surface area contributed by atoms with Gasteiger partial charge in [0.25, 0.3) is 0 Å². The smallest absolute Gasteiger partial charge is 0.226 e. The van der Waals surface area contributed by atoms with E-state index in [2.05, 4.69) is 20.3 Å². The minimum atomic E-state index is -0.123. The van der Waals surface area contributed by atoms with Gasteiger partial charge in [0.15, 0.2) is 16.8 Å². The number of hydrogen-bond acceptors (Lipinski definition) is 6. The van der Waals surface area contributed by atoms with Crippen molar-refractivity contribution >= 4 is 22.4 Å². The summed E-state index contributed by atoms with van der Waals surface area (Å²) in [6.45, 7) is 2.04. The number of carbonyl (C=O) groups excluding carboxylic acids is 1. The van der Waals surface area contributed by atoms with Crippen molar-refractivity contribution in [2.24, 2.45) is 0 Å². The van der Waals surface area contributed by atoms with Gasteiger partial charge in [0.1, 0.15) is 0 Å². The topological polar surface area (TPSA) is 80.9 Å². The van der Waals surface area contributed by atoms with Crippen LogP contribution >= 0.6 is 11.3 Å². The van der Waals surface area contributed by atoms with Gasteiger partial charge in [-0.25, -0.2) is 9.97 Å². The van der Waals surface area contributed by atoms with E-state index in [-0.39, 0.29) is 12.3 Å². The first-order valence-electron chi connectivity index (χ1n) is 8.85. The van der Waals surface area contributed by atoms with Crippen LogP contribution in [0.15, 0.2) is 64.8 Å². The molecule has 7 heteroatoms. The van der Waals surface area contributed by atoms with Crippen LogP contribution in [-0.4, -0.2) is 20.9 Å². The van der Waals surface area contributed by atoms with Crippen LogP contribution in [0.1, 0.15) is 17.9 Å². The van der Waals surface area contributed by atoms with Gasteiger partial charge in [-0.1, -0.05) is 29.8 Å². The Balaban J connectivity index is 1.33. The highest BCUT2D eigenvalue weighted by atomic mass is 32.1. The maximum absolute atomic E-state index is 12.2. The molecule has 1 amide bonds. The third-order valence-electron chi connectivity index (χ3n) is 4.16. The van der Waals surface area contributed by atoms with Crippen LogP contribution < -0.4 is 5.32 Å². The minimum absolute atomic E-state index is 0.123. The number of oxazole rings is 1. The Hall–Kier alpha value is -3.32. The third kappa shape index (κ3) is 4.32. The Morgan fingerprint density at radius 2 is 2.00 bits per heavy atom. The average Bonchev–Trinajstić information content (AvgIpc) is 3.37. The predicted molar refractivity (Wildman–Crippen MR) is 109 cm³/mol. The van der Waals surface area contributed by atoms with Crippen molar-refractivity contribution in [1.29, 1.82) is 0 Å². The maximum Gasteiger partial charge on any atom is 0.226 e. The summed E-state index contributed by atoms with van der Waals surface area (Å²) in [5.41, 5.74) is 3.88. The van der Waals surface area contributed by atoms with Crippen molar-refractivity contribution in [1.82, 2.24) is 15.0 Å². The fourth-order valence-electron chi connectivity index (χ4n) is 2.66. The van der Waals surface area contributed by atoms with Crippen molar-refractivity contribution in [3.05, 3.63) is 71.8 Å². The lowest BCUT2D eigenvalue weighted by Gasteiger charge is -2.00. The Bertz CT molecular complexity index is 1070. The number of nitrogens with zero attached hydrogens (tertiary/aromatic N) is 3. The number of pyridine rings is 1. The third-order valence-corrected chi connectivity index (χ3v) is 4.92. The van der Waals surface area contributed by atoms with Gasteiger partial charge in [0.05, 0.1) is 11.9 Å². The van der Waals surface area contributed by atoms with E-state index in [4.69, 9.17) is 4.42 Å². The van der Waals surface area contributed by atoms with Crippen molar-refractivity contribution < 1.29 is 9.21 Å². The van der Waals surface area contributed by atoms with Gasteiger partial charge in [0, 0.05) is 41.7 Å². The summed E-state index contributed by atoms with van der Waals surface area (Å²) in [4.78, 5) is 25.0. The molecule has 3 heterocycles. The lowest BCUT2D eigenvalue weighted by Crippen LogP contribution is -2.12. The van der Waals surface area contributed by atoms with E-state index in [1.807, 2.05) is 48.7 Å². The molecule has 4 aromatic rings. The summed E-state index contributed by atoms with van der Waals surface area (Å²) < 4.78 is 5.76. The van der Waals surface area contributed by atoms with E-state index in [0.29, 0.717) is 23.2 Å². The molecule has 0 spiro atoms. The number of nitrogens with one attached hydrogen (secondary N) is 1. The highest BCUT2D eigenvalue weighted by Gasteiger charge is 2.11. The summed E-state index contributed by atoms with van der Waals surface area (Å²) in [5, 5.41) is 5.29. The Morgan fingerprint density at radius 1 is 1.14 bits per heavy atom. The number of carbonyl (C=O) groups is 1. The molecule has 0 aliphatic carbocycles. The summed E-state index contributed by atoms with van der Waals surface area (Å²) >= 11 is 1.39. The number of hydrogen-bond donors (Lipinski definition) is 1. The molecule has 0 atom stereocenters. The van der Waals surface area contributed by atoms with Gasteiger partial charge in [-0.15, -0.1) is 11.3 Å². The monoisotopic (exact) mass is 390 g/mol. The van der Waals surface area contributed by atoms with E-state index in [1.54, 1.807) is 18.6 Å². The Labute approximate surface area is 166 Å². The molecule has 0 saturated carbocycles. The second kappa shape index (κ2) is 8.14. The second-order valence-electron chi connectivity index (χ2n) is 6.31. The van der Waals surface area contributed by atoms with Crippen molar-refractivity contribution in [3.63, 3.8) is 0 Å². The van der Waals surface area contributed by atoms with Gasteiger partial charge in [0.2, 0.25) is 5.91 Å². The molecule has 0 bridgehead atoms. The van der Waals surface area contributed by atoms with Crippen LogP contribution in [0.5, 0.6) is 0 Å². The lowest BCUT2D eigenvalue weighted by molar-refractivity contribution is -0.116. The maximum atomic E-state index is 12.2. The zero-order valence-electron chi connectivity index (χ0n) is 15.3. The van der Waals surface area contributed by atoms with Gasteiger partial charge < -0.3 is 9.73 Å². The van der Waals surface area contributed by atoms with Crippen molar-refractivity contribution in [3.8, 4) is 22.6 Å². The van der Waals surface area contributed by atoms with Gasteiger partial charge in [-0.2, -0.15) is 0 Å². The summed E-state index contributed by atoms with van der Waals surface area (Å²) in [5.74, 6) is 1.12. The Morgan fingerprint density at radius 3 is 2.79 bits per heavy atom. The standard InChI is InChI=1S/C21H18N4O2S/c1-14-4-6-15(7-5-14)18-12-23-20(27-18)9-8-19(26)25-21-24-17(13-28-21)16-3-2-10-22-11-16/h2-7,10-13H,8-9H2,1H3,(H,24,25,26). The molecule has 140 valence electrons. The van der Waals surface area contributed by atoms with Crippen LogP contribution in [0.4, 0.5) is 5.13 Å². The number of anilines is 1. The van der Waals surface area contributed by atoms with Crippen molar-refractivity contribution in [2.45, 2.75) is 19.8 Å². The molecule has 28 heavy (non-hydrogen) atoms. The van der Waals surface area contributed by atoms with Crippen LogP contribution in [0.25, 0.3) is 22.6 Å². The van der Waals surface area contributed by atoms with E-state index >= 15 is 0 Å². The van der Waals surface area contributed by atoms with E-state index < -0.39 is 0 Å². The van der Waals surface area contributed by atoms with Crippen LogP contribution in [0, 0.1) is 6.92 Å². The number of benzene rings is 1. The van der Waals surface area contributed by atoms with Crippen LogP contribution in [0.3, 0.4) is 0 Å². The molecule has 1 aromatic carbocycles. The normalized spacial score (nSPS) is 10.8. The molecular formula is C21H18N4O2S. The molecular weight excluding hydrogens is 372 g/mol. The van der Waals surface area contributed by atoms with E-state index in [9.17, 15) is 4.79 Å². The number of thiazole rings is 1. The van der Waals surface area contributed by atoms with Crippen molar-refractivity contribution in [2.75, 3.05) is 5.32 Å². The minimum Gasteiger partial charge on any atom is -0.441 e. The molecule has 0 aliphatic rings. The van der Waals surface area contributed by atoms with Crippen LogP contribution in [-0.2, 0) is 11.2 Å². The molecule has 0 fully saturated rings. The summed E-state index contributed by atoms with van der Waals surface area (Å²) in [7, 11) is 0. The highest BCUT2D eigenvalue weighted by molar-refractivity contribution is 7.14. The summed E-state index contributed by atoms with van der Waals surface area (Å²) in [6, 6.07) is 11.8. The summed E-state index contributed by atoms with van der Waals surface area (Å²) in [6.07, 6.45) is 5.85. The zero-order chi connectivity index (χ0) is 19.3. The largest absolute Gasteiger partial charge is 0.441 e. The fraction of sp³-hybridized carbons (Fsp3) is 0.143. The molecule has 0 unspecified atom stereocenters. The van der Waals surface area contributed by atoms with Gasteiger partial charge in [-0.05, 0) is 19.1 Å². The van der Waals surface area contributed by atoms with Gasteiger partial charge >= 0.3 is 0 Å².